The minimum Gasteiger partial charge on any atom is -0.354 e. The van der Waals surface area contributed by atoms with Crippen molar-refractivity contribution in [3.63, 3.8) is 0 Å². The van der Waals surface area contributed by atoms with E-state index in [2.05, 4.69) is 11.4 Å². The fourth-order valence-electron chi connectivity index (χ4n) is 2.02. The number of thioether (sulfide) groups is 1. The number of carbonyl (C=O) groups is 2. The molecule has 0 bridgehead atoms. The second kappa shape index (κ2) is 6.96. The van der Waals surface area contributed by atoms with E-state index in [1.165, 1.54) is 11.8 Å². The van der Waals surface area contributed by atoms with Crippen molar-refractivity contribution in [2.75, 3.05) is 25.4 Å². The highest BCUT2D eigenvalue weighted by Gasteiger charge is 2.21. The molecule has 0 unspecified atom stereocenters. The Labute approximate surface area is 121 Å². The molecule has 20 heavy (non-hydrogen) atoms. The molecule has 104 valence electrons. The van der Waals surface area contributed by atoms with Crippen LogP contribution in [0.1, 0.15) is 16.8 Å². The molecule has 0 aromatic heterocycles. The van der Waals surface area contributed by atoms with Gasteiger partial charge >= 0.3 is 0 Å². The summed E-state index contributed by atoms with van der Waals surface area (Å²) < 4.78 is 0. The zero-order chi connectivity index (χ0) is 14.4. The number of benzene rings is 1. The van der Waals surface area contributed by atoms with Crippen molar-refractivity contribution >= 4 is 23.6 Å². The molecule has 0 aliphatic carbocycles. The summed E-state index contributed by atoms with van der Waals surface area (Å²) in [7, 11) is 0. The quantitative estimate of drug-likeness (QED) is 0.850. The number of hydrogen-bond acceptors (Lipinski definition) is 4. The predicted molar refractivity (Wildman–Crippen MR) is 76.3 cm³/mol. The highest BCUT2D eigenvalue weighted by Crippen LogP contribution is 2.23. The van der Waals surface area contributed by atoms with Crippen LogP contribution in [0.2, 0.25) is 0 Å². The van der Waals surface area contributed by atoms with E-state index in [1.807, 2.05) is 18.2 Å². The zero-order valence-corrected chi connectivity index (χ0v) is 11.8. The maximum absolute atomic E-state index is 12.5. The lowest BCUT2D eigenvalue weighted by molar-refractivity contribution is -0.120. The van der Waals surface area contributed by atoms with Crippen LogP contribution in [0.5, 0.6) is 0 Å². The third-order valence-corrected chi connectivity index (χ3v) is 3.95. The van der Waals surface area contributed by atoms with Crippen LogP contribution in [0.15, 0.2) is 29.2 Å². The molecule has 5 nitrogen and oxygen atoms in total. The van der Waals surface area contributed by atoms with Gasteiger partial charge in [0, 0.05) is 31.0 Å². The Hall–Kier alpha value is -2.00. The number of hydrogen-bond donors (Lipinski definition) is 1. The first-order chi connectivity index (χ1) is 9.72. The Morgan fingerprint density at radius 3 is 3.00 bits per heavy atom. The average Bonchev–Trinajstić information content (AvgIpc) is 2.69. The highest BCUT2D eigenvalue weighted by atomic mass is 32.2. The molecule has 6 heteroatoms. The third-order valence-electron chi connectivity index (χ3n) is 3.01. The fraction of sp³-hybridized carbons (Fsp3) is 0.357. The number of amides is 2. The summed E-state index contributed by atoms with van der Waals surface area (Å²) in [6.45, 7) is 1.43. The van der Waals surface area contributed by atoms with Gasteiger partial charge in [0.05, 0.1) is 17.4 Å². The Morgan fingerprint density at radius 1 is 1.40 bits per heavy atom. The van der Waals surface area contributed by atoms with Crippen molar-refractivity contribution in [2.45, 2.75) is 11.3 Å². The smallest absolute Gasteiger partial charge is 0.255 e. The van der Waals surface area contributed by atoms with Gasteiger partial charge in [-0.25, -0.2) is 0 Å². The van der Waals surface area contributed by atoms with Gasteiger partial charge in [0.1, 0.15) is 0 Å². The molecule has 0 saturated carbocycles. The first kappa shape index (κ1) is 14.4. The highest BCUT2D eigenvalue weighted by molar-refractivity contribution is 7.99. The van der Waals surface area contributed by atoms with Gasteiger partial charge in [-0.2, -0.15) is 5.26 Å². The van der Waals surface area contributed by atoms with Crippen molar-refractivity contribution < 1.29 is 9.59 Å². The summed E-state index contributed by atoms with van der Waals surface area (Å²) in [6.07, 6.45) is 0.333. The largest absolute Gasteiger partial charge is 0.354 e. The molecule has 1 N–H and O–H groups in total. The lowest BCUT2D eigenvalue weighted by Crippen LogP contribution is -2.34. The molecular weight excluding hydrogens is 274 g/mol. The Balaban J connectivity index is 2.16. The standard InChI is InChI=1S/C14H15N3O2S/c15-6-10-20-12-4-2-1-3-11(12)14(19)17-8-5-13(18)16-7-9-17/h1-4H,5,7-10H2,(H,16,18). The molecular formula is C14H15N3O2S. The fourth-order valence-corrected chi connectivity index (χ4v) is 2.73. The van der Waals surface area contributed by atoms with Gasteiger partial charge in [0.25, 0.3) is 5.91 Å². The number of nitrogens with one attached hydrogen (secondary N) is 1. The van der Waals surface area contributed by atoms with E-state index < -0.39 is 0 Å². The molecule has 1 aromatic rings. The second-order valence-corrected chi connectivity index (χ2v) is 5.35. The van der Waals surface area contributed by atoms with Crippen molar-refractivity contribution in [1.82, 2.24) is 10.2 Å². The lowest BCUT2D eigenvalue weighted by Gasteiger charge is -2.20. The Kier molecular flexibility index (Phi) is 5.02. The predicted octanol–water partition coefficient (Wildman–Crippen LogP) is 1.26. The normalized spacial score (nSPS) is 15.2. The summed E-state index contributed by atoms with van der Waals surface area (Å²) in [5.74, 6) is 0.208. The monoisotopic (exact) mass is 289 g/mol. The Bertz CT molecular complexity index is 554. The van der Waals surface area contributed by atoms with Crippen LogP contribution in [-0.2, 0) is 4.79 Å². The van der Waals surface area contributed by atoms with E-state index >= 15 is 0 Å². The number of nitrogens with zero attached hydrogens (tertiary/aromatic N) is 2. The van der Waals surface area contributed by atoms with Crippen molar-refractivity contribution in [2.24, 2.45) is 0 Å². The van der Waals surface area contributed by atoms with E-state index in [1.54, 1.807) is 11.0 Å². The maximum atomic E-state index is 12.5. The summed E-state index contributed by atoms with van der Waals surface area (Å²) in [5, 5.41) is 11.4. The van der Waals surface area contributed by atoms with Crippen LogP contribution in [0.3, 0.4) is 0 Å². The summed E-state index contributed by atoms with van der Waals surface area (Å²) in [6, 6.07) is 9.33. The van der Waals surface area contributed by atoms with Crippen LogP contribution in [0.25, 0.3) is 0 Å². The number of carbonyl (C=O) groups excluding carboxylic acids is 2. The molecule has 1 aliphatic rings. The molecule has 1 aliphatic heterocycles. The third kappa shape index (κ3) is 3.52. The van der Waals surface area contributed by atoms with Gasteiger partial charge < -0.3 is 10.2 Å². The first-order valence-corrected chi connectivity index (χ1v) is 7.35. The van der Waals surface area contributed by atoms with Crippen LogP contribution in [-0.4, -0.2) is 42.1 Å². The summed E-state index contributed by atoms with van der Waals surface area (Å²) >= 11 is 1.35. The van der Waals surface area contributed by atoms with E-state index in [4.69, 9.17) is 5.26 Å². The van der Waals surface area contributed by atoms with E-state index in [0.29, 0.717) is 37.4 Å². The van der Waals surface area contributed by atoms with E-state index in [0.717, 1.165) is 4.90 Å². The summed E-state index contributed by atoms with van der Waals surface area (Å²) in [5.41, 5.74) is 0.599. The number of rotatable bonds is 3. The zero-order valence-electron chi connectivity index (χ0n) is 11.0. The molecule has 1 saturated heterocycles. The number of nitriles is 1. The van der Waals surface area contributed by atoms with Crippen molar-refractivity contribution in [3.8, 4) is 6.07 Å². The molecule has 2 rings (SSSR count). The van der Waals surface area contributed by atoms with Gasteiger partial charge in [-0.3, -0.25) is 9.59 Å². The van der Waals surface area contributed by atoms with Gasteiger partial charge in [0.15, 0.2) is 0 Å². The van der Waals surface area contributed by atoms with Crippen LogP contribution in [0.4, 0.5) is 0 Å². The molecule has 1 aromatic carbocycles. The first-order valence-electron chi connectivity index (χ1n) is 6.37. The maximum Gasteiger partial charge on any atom is 0.255 e. The SMILES string of the molecule is N#CCSc1ccccc1C(=O)N1CCNC(=O)CC1. The van der Waals surface area contributed by atoms with Gasteiger partial charge in [-0.1, -0.05) is 12.1 Å². The second-order valence-electron chi connectivity index (χ2n) is 4.34. The van der Waals surface area contributed by atoms with Gasteiger partial charge in [0.2, 0.25) is 5.91 Å². The minimum atomic E-state index is -0.0810. The average molecular weight is 289 g/mol. The minimum absolute atomic E-state index is 0.0209. The molecule has 1 fully saturated rings. The molecule has 0 spiro atoms. The molecule has 1 heterocycles. The van der Waals surface area contributed by atoms with Crippen molar-refractivity contribution in [3.05, 3.63) is 29.8 Å². The lowest BCUT2D eigenvalue weighted by atomic mass is 10.2. The van der Waals surface area contributed by atoms with Gasteiger partial charge in [-0.15, -0.1) is 11.8 Å². The Morgan fingerprint density at radius 2 is 2.20 bits per heavy atom. The molecule has 0 atom stereocenters. The van der Waals surface area contributed by atoms with Crippen LogP contribution in [0, 0.1) is 11.3 Å². The van der Waals surface area contributed by atoms with Crippen molar-refractivity contribution in [1.29, 1.82) is 5.26 Å². The topological polar surface area (TPSA) is 73.2 Å². The van der Waals surface area contributed by atoms with Crippen LogP contribution < -0.4 is 5.32 Å². The molecule has 0 radical (unpaired) electrons. The van der Waals surface area contributed by atoms with E-state index in [9.17, 15) is 9.59 Å². The molecule has 2 amide bonds. The van der Waals surface area contributed by atoms with Crippen LogP contribution >= 0.6 is 11.8 Å². The summed E-state index contributed by atoms with van der Waals surface area (Å²) in [4.78, 5) is 26.3. The van der Waals surface area contributed by atoms with Gasteiger partial charge in [-0.05, 0) is 12.1 Å². The van der Waals surface area contributed by atoms with E-state index in [-0.39, 0.29) is 11.8 Å².